The molecule has 0 aliphatic carbocycles. The first kappa shape index (κ1) is 51.6. The predicted octanol–water partition coefficient (Wildman–Crippen LogP) is 5.15. The Balaban J connectivity index is 1.36. The highest BCUT2D eigenvalue weighted by molar-refractivity contribution is 5.94. The van der Waals surface area contributed by atoms with Gasteiger partial charge in [0.2, 0.25) is 0 Å². The average Bonchev–Trinajstić information content (AvgIpc) is 3.27. The number of alkyl carbamates (subject to hydrolysis) is 1. The molecule has 1 aliphatic heterocycles. The van der Waals surface area contributed by atoms with Crippen molar-refractivity contribution in [2.24, 2.45) is 0 Å². The SMILES string of the molecule is COC(=O)c1cc(C)cc(CN2CCOCCOCCN(C(c3ccc(C(=O)NCCCCCCNC(=O)OC(C)(C)C)cc3)c3cccc(C(=O)OC)n3)CCOCCOCC2)n1. The van der Waals surface area contributed by atoms with Gasteiger partial charge in [-0.15, -0.1) is 0 Å². The fourth-order valence-corrected chi connectivity index (χ4v) is 6.91. The van der Waals surface area contributed by atoms with E-state index in [4.69, 9.17) is 38.1 Å². The first-order chi connectivity index (χ1) is 30.9. The van der Waals surface area contributed by atoms with Gasteiger partial charge in [-0.3, -0.25) is 14.6 Å². The van der Waals surface area contributed by atoms with Gasteiger partial charge in [-0.05, 0) is 88.1 Å². The molecule has 352 valence electrons. The van der Waals surface area contributed by atoms with Crippen LogP contribution in [0.4, 0.5) is 4.79 Å². The molecule has 17 nitrogen and oxygen atoms in total. The fourth-order valence-electron chi connectivity index (χ4n) is 6.91. The molecule has 64 heavy (non-hydrogen) atoms. The molecular formula is C47H68N6O11. The van der Waals surface area contributed by atoms with Gasteiger partial charge >= 0.3 is 18.0 Å². The maximum atomic E-state index is 13.2. The van der Waals surface area contributed by atoms with Gasteiger partial charge in [0.05, 0.1) is 84.5 Å². The van der Waals surface area contributed by atoms with E-state index in [1.54, 1.807) is 30.3 Å². The molecule has 17 heteroatoms. The quantitative estimate of drug-likeness (QED) is 0.116. The number of aryl methyl sites for hydroxylation is 1. The van der Waals surface area contributed by atoms with Crippen molar-refractivity contribution in [1.29, 1.82) is 0 Å². The zero-order valence-electron chi connectivity index (χ0n) is 38.5. The Morgan fingerprint density at radius 2 is 1.25 bits per heavy atom. The molecule has 1 atom stereocenters. The number of pyridine rings is 2. The fraction of sp³-hybridized carbons (Fsp3) is 0.574. The number of carbonyl (C=O) groups excluding carboxylic acids is 4. The zero-order valence-corrected chi connectivity index (χ0v) is 38.5. The second kappa shape index (κ2) is 28.0. The summed E-state index contributed by atoms with van der Waals surface area (Å²) in [5, 5.41) is 5.79. The van der Waals surface area contributed by atoms with Crippen LogP contribution < -0.4 is 10.6 Å². The average molecular weight is 893 g/mol. The normalized spacial score (nSPS) is 16.1. The van der Waals surface area contributed by atoms with Crippen molar-refractivity contribution < 1.29 is 52.3 Å². The number of hydrogen-bond donors (Lipinski definition) is 2. The van der Waals surface area contributed by atoms with E-state index in [2.05, 4.69) is 25.4 Å². The number of benzene rings is 1. The Bertz CT molecular complexity index is 1870. The summed E-state index contributed by atoms with van der Waals surface area (Å²) in [4.78, 5) is 63.3. The number of aromatic nitrogens is 2. The van der Waals surface area contributed by atoms with Crippen LogP contribution >= 0.6 is 0 Å². The van der Waals surface area contributed by atoms with Crippen molar-refractivity contribution in [2.45, 2.75) is 71.6 Å². The summed E-state index contributed by atoms with van der Waals surface area (Å²) in [6, 6.07) is 15.9. The maximum absolute atomic E-state index is 13.2. The van der Waals surface area contributed by atoms with Crippen molar-refractivity contribution in [2.75, 3.05) is 106 Å². The molecule has 1 fully saturated rings. The molecule has 2 N–H and O–H groups in total. The van der Waals surface area contributed by atoms with Crippen LogP contribution in [0.5, 0.6) is 0 Å². The second-order valence-electron chi connectivity index (χ2n) is 16.3. The van der Waals surface area contributed by atoms with Crippen molar-refractivity contribution in [3.63, 3.8) is 0 Å². The lowest BCUT2D eigenvalue weighted by molar-refractivity contribution is 0.00330. The molecule has 2 amide bonds. The second-order valence-corrected chi connectivity index (χ2v) is 16.3. The first-order valence-electron chi connectivity index (χ1n) is 22.1. The minimum atomic E-state index is -0.542. The minimum Gasteiger partial charge on any atom is -0.464 e. The Kier molecular flexibility index (Phi) is 22.6. The zero-order chi connectivity index (χ0) is 46.2. The third-order valence-electron chi connectivity index (χ3n) is 10.1. The van der Waals surface area contributed by atoms with Crippen LogP contribution in [0.25, 0.3) is 0 Å². The van der Waals surface area contributed by atoms with Gasteiger partial charge in [0.1, 0.15) is 17.0 Å². The van der Waals surface area contributed by atoms with Crippen molar-refractivity contribution >= 4 is 23.9 Å². The molecule has 0 saturated carbocycles. The van der Waals surface area contributed by atoms with Crippen LogP contribution in [0.15, 0.2) is 54.6 Å². The van der Waals surface area contributed by atoms with E-state index >= 15 is 0 Å². The number of unbranched alkanes of at least 4 members (excludes halogenated alkanes) is 3. The van der Waals surface area contributed by atoms with E-state index in [0.717, 1.165) is 42.5 Å². The van der Waals surface area contributed by atoms with Gasteiger partial charge < -0.3 is 43.8 Å². The topological polar surface area (TPSA) is 189 Å². The van der Waals surface area contributed by atoms with Crippen molar-refractivity contribution in [1.82, 2.24) is 30.4 Å². The van der Waals surface area contributed by atoms with Crippen molar-refractivity contribution in [3.05, 3.63) is 94.1 Å². The van der Waals surface area contributed by atoms with E-state index in [1.807, 2.05) is 52.0 Å². The van der Waals surface area contributed by atoms with Crippen LogP contribution in [0.2, 0.25) is 0 Å². The van der Waals surface area contributed by atoms with E-state index in [0.29, 0.717) is 110 Å². The van der Waals surface area contributed by atoms with Gasteiger partial charge in [-0.25, -0.2) is 24.4 Å². The predicted molar refractivity (Wildman–Crippen MR) is 239 cm³/mol. The summed E-state index contributed by atoms with van der Waals surface area (Å²) in [5.74, 6) is -1.19. The summed E-state index contributed by atoms with van der Waals surface area (Å²) in [7, 11) is 2.67. The maximum Gasteiger partial charge on any atom is 0.407 e. The smallest absolute Gasteiger partial charge is 0.407 e. The number of methoxy groups -OCH3 is 2. The van der Waals surface area contributed by atoms with Gasteiger partial charge in [-0.2, -0.15) is 0 Å². The summed E-state index contributed by atoms with van der Waals surface area (Å²) >= 11 is 0. The molecule has 0 bridgehead atoms. The third-order valence-corrected chi connectivity index (χ3v) is 10.1. The highest BCUT2D eigenvalue weighted by Gasteiger charge is 2.26. The van der Waals surface area contributed by atoms with Crippen LogP contribution in [0, 0.1) is 6.92 Å². The summed E-state index contributed by atoms with van der Waals surface area (Å²) in [6.45, 7) is 14.5. The van der Waals surface area contributed by atoms with Gasteiger partial charge in [0.25, 0.3) is 5.91 Å². The highest BCUT2D eigenvalue weighted by Crippen LogP contribution is 2.28. The number of ether oxygens (including phenoxy) is 7. The number of nitrogens with zero attached hydrogens (tertiary/aromatic N) is 4. The Morgan fingerprint density at radius 3 is 1.83 bits per heavy atom. The first-order valence-corrected chi connectivity index (χ1v) is 22.1. The minimum absolute atomic E-state index is 0.173. The standard InChI is InChI=1S/C47H68N6O11/c1-35-32-38(50-41(33-35)45(56)59-6)34-52-20-24-60-28-30-62-26-22-53(23-27-63-31-29-61-25-21-52)42(39-12-11-13-40(51-39)44(55)58-5)36-14-16-37(17-15-36)43(54)48-18-9-7-8-10-19-49-46(57)64-47(2,3)4/h11-17,32-33,42H,7-10,18-31,34H2,1-6H3,(H,48,54)(H,49,57). The molecular weight excluding hydrogens is 825 g/mol. The molecule has 1 aromatic carbocycles. The molecule has 4 rings (SSSR count). The Hall–Kier alpha value is -5.04. The summed E-state index contributed by atoms with van der Waals surface area (Å²) in [5.41, 5.74) is 3.63. The number of rotatable bonds is 15. The molecule has 3 heterocycles. The summed E-state index contributed by atoms with van der Waals surface area (Å²) in [6.07, 6.45) is 3.04. The molecule has 0 radical (unpaired) electrons. The lowest BCUT2D eigenvalue weighted by Crippen LogP contribution is -2.36. The van der Waals surface area contributed by atoms with Crippen molar-refractivity contribution in [3.8, 4) is 0 Å². The molecule has 3 aromatic rings. The van der Waals surface area contributed by atoms with Crippen LogP contribution in [-0.2, 0) is 39.7 Å². The third kappa shape index (κ3) is 19.0. The molecule has 1 aliphatic rings. The molecule has 1 unspecified atom stereocenters. The molecule has 0 spiro atoms. The van der Waals surface area contributed by atoms with Crippen LogP contribution in [0.3, 0.4) is 0 Å². The number of hydrogen-bond acceptors (Lipinski definition) is 15. The van der Waals surface area contributed by atoms with E-state index < -0.39 is 29.7 Å². The monoisotopic (exact) mass is 892 g/mol. The highest BCUT2D eigenvalue weighted by atomic mass is 16.6. The number of amides is 2. The van der Waals surface area contributed by atoms with Crippen LogP contribution in [-0.4, -0.2) is 156 Å². The summed E-state index contributed by atoms with van der Waals surface area (Å²) < 4.78 is 39.2. The largest absolute Gasteiger partial charge is 0.464 e. The molecule has 2 aromatic heterocycles. The Morgan fingerprint density at radius 1 is 0.688 bits per heavy atom. The molecule has 1 saturated heterocycles. The number of esters is 2. The number of carbonyl (C=O) groups is 4. The lowest BCUT2D eigenvalue weighted by Gasteiger charge is -2.32. The van der Waals surface area contributed by atoms with Gasteiger partial charge in [-0.1, -0.05) is 31.0 Å². The van der Waals surface area contributed by atoms with Gasteiger partial charge in [0, 0.05) is 51.4 Å². The van der Waals surface area contributed by atoms with Crippen LogP contribution in [0.1, 0.15) is 106 Å². The van der Waals surface area contributed by atoms with E-state index in [9.17, 15) is 19.2 Å². The number of nitrogens with one attached hydrogen (secondary N) is 2. The van der Waals surface area contributed by atoms with E-state index in [1.165, 1.54) is 14.2 Å². The Labute approximate surface area is 377 Å². The van der Waals surface area contributed by atoms with E-state index in [-0.39, 0.29) is 17.3 Å². The van der Waals surface area contributed by atoms with Gasteiger partial charge in [0.15, 0.2) is 0 Å². The lowest BCUT2D eigenvalue weighted by atomic mass is 9.99.